The van der Waals surface area contributed by atoms with E-state index in [-0.39, 0.29) is 5.41 Å². The number of nitriles is 1. The number of hydrogen-bond acceptors (Lipinski definition) is 2. The molecule has 0 spiro atoms. The molecule has 2 aromatic rings. The highest BCUT2D eigenvalue weighted by atomic mass is 15.0. The van der Waals surface area contributed by atoms with Gasteiger partial charge < -0.3 is 9.97 Å². The Morgan fingerprint density at radius 3 is 2.81 bits per heavy atom. The predicted molar refractivity (Wildman–Crippen MR) is 59.5 cm³/mol. The summed E-state index contributed by atoms with van der Waals surface area (Å²) in [6.07, 6.45) is 6.62. The second kappa shape index (κ2) is 3.24. The van der Waals surface area contributed by atoms with Crippen LogP contribution in [0.15, 0.2) is 24.5 Å². The SMILES string of the molecule is N#CC1(c2ncc(-c3ccc[nH]3)[nH]2)CCC1. The van der Waals surface area contributed by atoms with Gasteiger partial charge in [0.2, 0.25) is 0 Å². The summed E-state index contributed by atoms with van der Waals surface area (Å²) in [7, 11) is 0. The van der Waals surface area contributed by atoms with Crippen LogP contribution in [0.4, 0.5) is 0 Å². The van der Waals surface area contributed by atoms with Crippen LogP contribution in [-0.4, -0.2) is 15.0 Å². The van der Waals surface area contributed by atoms with Gasteiger partial charge in [0.15, 0.2) is 0 Å². The molecule has 2 heterocycles. The molecule has 0 amide bonds. The Hall–Kier alpha value is -2.02. The molecular formula is C12H12N4. The molecule has 0 aromatic carbocycles. The van der Waals surface area contributed by atoms with Gasteiger partial charge in [-0.25, -0.2) is 4.98 Å². The molecule has 1 saturated carbocycles. The summed E-state index contributed by atoms with van der Waals surface area (Å²) in [5, 5.41) is 9.21. The molecule has 3 rings (SSSR count). The second-order valence-electron chi connectivity index (χ2n) is 4.28. The van der Waals surface area contributed by atoms with Crippen molar-refractivity contribution >= 4 is 0 Å². The average molecular weight is 212 g/mol. The maximum Gasteiger partial charge on any atom is 0.127 e. The summed E-state index contributed by atoms with van der Waals surface area (Å²) >= 11 is 0. The number of rotatable bonds is 2. The van der Waals surface area contributed by atoms with Gasteiger partial charge in [-0.05, 0) is 31.4 Å². The van der Waals surface area contributed by atoms with Crippen LogP contribution in [0.2, 0.25) is 0 Å². The van der Waals surface area contributed by atoms with E-state index in [0.717, 1.165) is 36.5 Å². The third kappa shape index (κ3) is 1.18. The van der Waals surface area contributed by atoms with Crippen LogP contribution in [-0.2, 0) is 5.41 Å². The van der Waals surface area contributed by atoms with Gasteiger partial charge in [0.05, 0.1) is 23.7 Å². The molecular weight excluding hydrogens is 200 g/mol. The highest BCUT2D eigenvalue weighted by molar-refractivity contribution is 5.53. The summed E-state index contributed by atoms with van der Waals surface area (Å²) in [6.45, 7) is 0. The lowest BCUT2D eigenvalue weighted by Gasteiger charge is -2.32. The molecule has 2 aromatic heterocycles. The Morgan fingerprint density at radius 2 is 2.25 bits per heavy atom. The molecule has 1 aliphatic carbocycles. The van der Waals surface area contributed by atoms with Crippen molar-refractivity contribution in [2.45, 2.75) is 24.7 Å². The molecule has 0 unspecified atom stereocenters. The molecule has 0 saturated heterocycles. The average Bonchev–Trinajstić information content (AvgIpc) is 2.86. The Morgan fingerprint density at radius 1 is 1.38 bits per heavy atom. The van der Waals surface area contributed by atoms with Crippen molar-refractivity contribution in [3.05, 3.63) is 30.4 Å². The van der Waals surface area contributed by atoms with E-state index in [9.17, 15) is 5.26 Å². The molecule has 0 atom stereocenters. The van der Waals surface area contributed by atoms with Gasteiger partial charge in [-0.1, -0.05) is 0 Å². The molecule has 4 heteroatoms. The molecule has 80 valence electrons. The van der Waals surface area contributed by atoms with E-state index in [1.807, 2.05) is 18.3 Å². The molecule has 0 bridgehead atoms. The minimum absolute atomic E-state index is 0.356. The van der Waals surface area contributed by atoms with E-state index in [0.29, 0.717) is 0 Å². The van der Waals surface area contributed by atoms with Crippen molar-refractivity contribution in [1.29, 1.82) is 5.26 Å². The summed E-state index contributed by atoms with van der Waals surface area (Å²) in [5.74, 6) is 0.811. The number of aromatic amines is 2. The Labute approximate surface area is 93.3 Å². The van der Waals surface area contributed by atoms with Gasteiger partial charge in [-0.15, -0.1) is 0 Å². The molecule has 16 heavy (non-hydrogen) atoms. The van der Waals surface area contributed by atoms with Gasteiger partial charge in [0, 0.05) is 6.20 Å². The quantitative estimate of drug-likeness (QED) is 0.802. The van der Waals surface area contributed by atoms with Crippen LogP contribution < -0.4 is 0 Å². The van der Waals surface area contributed by atoms with Crippen LogP contribution in [0.5, 0.6) is 0 Å². The lowest BCUT2D eigenvalue weighted by atomic mass is 9.69. The maximum absolute atomic E-state index is 9.21. The van der Waals surface area contributed by atoms with Crippen molar-refractivity contribution in [3.8, 4) is 17.5 Å². The zero-order valence-corrected chi connectivity index (χ0v) is 8.83. The third-order valence-corrected chi connectivity index (χ3v) is 3.34. The second-order valence-corrected chi connectivity index (χ2v) is 4.28. The van der Waals surface area contributed by atoms with E-state index in [1.54, 1.807) is 6.20 Å². The summed E-state index contributed by atoms with van der Waals surface area (Å²) in [4.78, 5) is 10.7. The van der Waals surface area contributed by atoms with Gasteiger partial charge in [-0.3, -0.25) is 0 Å². The van der Waals surface area contributed by atoms with E-state index in [2.05, 4.69) is 21.0 Å². The van der Waals surface area contributed by atoms with Crippen molar-refractivity contribution < 1.29 is 0 Å². The Balaban J connectivity index is 1.97. The fourth-order valence-electron chi connectivity index (χ4n) is 2.13. The van der Waals surface area contributed by atoms with E-state index < -0.39 is 0 Å². The number of hydrogen-bond donors (Lipinski definition) is 2. The monoisotopic (exact) mass is 212 g/mol. The lowest BCUT2D eigenvalue weighted by molar-refractivity contribution is 0.309. The number of H-pyrrole nitrogens is 2. The molecule has 2 N–H and O–H groups in total. The first-order valence-electron chi connectivity index (χ1n) is 5.45. The number of imidazole rings is 1. The Bertz CT molecular complexity index is 526. The number of nitrogens with one attached hydrogen (secondary N) is 2. The van der Waals surface area contributed by atoms with Crippen molar-refractivity contribution in [2.24, 2.45) is 0 Å². The molecule has 4 nitrogen and oxygen atoms in total. The van der Waals surface area contributed by atoms with Gasteiger partial charge >= 0.3 is 0 Å². The standard InChI is InChI=1S/C12H12N4/c13-8-12(4-2-5-12)11-15-7-10(16-11)9-3-1-6-14-9/h1,3,6-7,14H,2,4-5H2,(H,15,16). The van der Waals surface area contributed by atoms with Gasteiger partial charge in [0.1, 0.15) is 11.2 Å². The predicted octanol–water partition coefficient (Wildman–Crippen LogP) is 2.35. The fourth-order valence-corrected chi connectivity index (χ4v) is 2.13. The van der Waals surface area contributed by atoms with Crippen LogP contribution in [0.25, 0.3) is 11.4 Å². The minimum Gasteiger partial charge on any atom is -0.360 e. The van der Waals surface area contributed by atoms with Crippen molar-refractivity contribution in [2.75, 3.05) is 0 Å². The largest absolute Gasteiger partial charge is 0.360 e. The van der Waals surface area contributed by atoms with Gasteiger partial charge in [-0.2, -0.15) is 5.26 Å². The minimum atomic E-state index is -0.356. The number of aromatic nitrogens is 3. The third-order valence-electron chi connectivity index (χ3n) is 3.34. The van der Waals surface area contributed by atoms with Crippen LogP contribution in [0, 0.1) is 11.3 Å². The number of nitrogens with zero attached hydrogens (tertiary/aromatic N) is 2. The first-order chi connectivity index (χ1) is 7.84. The smallest absolute Gasteiger partial charge is 0.127 e. The topological polar surface area (TPSA) is 68.3 Å². The Kier molecular flexibility index (Phi) is 1.87. The van der Waals surface area contributed by atoms with Crippen molar-refractivity contribution in [3.63, 3.8) is 0 Å². The van der Waals surface area contributed by atoms with E-state index in [4.69, 9.17) is 0 Å². The lowest BCUT2D eigenvalue weighted by Crippen LogP contribution is -2.33. The summed E-state index contributed by atoms with van der Waals surface area (Å²) < 4.78 is 0. The summed E-state index contributed by atoms with van der Waals surface area (Å²) in [5.41, 5.74) is 1.60. The van der Waals surface area contributed by atoms with E-state index in [1.165, 1.54) is 0 Å². The first kappa shape index (κ1) is 9.22. The van der Waals surface area contributed by atoms with Crippen molar-refractivity contribution in [1.82, 2.24) is 15.0 Å². The molecule has 1 aliphatic rings. The summed E-state index contributed by atoms with van der Waals surface area (Å²) in [6, 6.07) is 6.31. The zero-order valence-electron chi connectivity index (χ0n) is 8.83. The maximum atomic E-state index is 9.21. The highest BCUT2D eigenvalue weighted by Gasteiger charge is 2.41. The fraction of sp³-hybridized carbons (Fsp3) is 0.333. The molecule has 1 fully saturated rings. The zero-order chi connectivity index (χ0) is 11.0. The van der Waals surface area contributed by atoms with Gasteiger partial charge in [0.25, 0.3) is 0 Å². The molecule has 0 aliphatic heterocycles. The molecule has 0 radical (unpaired) electrons. The first-order valence-corrected chi connectivity index (χ1v) is 5.45. The highest BCUT2D eigenvalue weighted by Crippen LogP contribution is 2.41. The van der Waals surface area contributed by atoms with E-state index >= 15 is 0 Å². The van der Waals surface area contributed by atoms with Crippen LogP contribution >= 0.6 is 0 Å². The van der Waals surface area contributed by atoms with Crippen LogP contribution in [0.3, 0.4) is 0 Å². The normalized spacial score (nSPS) is 17.7. The van der Waals surface area contributed by atoms with Crippen LogP contribution in [0.1, 0.15) is 25.1 Å².